The molecule has 3 N–H and O–H groups in total. The van der Waals surface area contributed by atoms with Crippen molar-refractivity contribution in [2.24, 2.45) is 0 Å². The Morgan fingerprint density at radius 3 is 2.96 bits per heavy atom. The van der Waals surface area contributed by atoms with Gasteiger partial charge in [0.05, 0.1) is 11.2 Å². The predicted octanol–water partition coefficient (Wildman–Crippen LogP) is 3.07. The summed E-state index contributed by atoms with van der Waals surface area (Å²) in [7, 11) is 0. The number of fused-ring (bicyclic) bond motifs is 2. The molecule has 0 aromatic carbocycles. The number of aromatic nitrogens is 7. The van der Waals surface area contributed by atoms with Gasteiger partial charge >= 0.3 is 0 Å². The van der Waals surface area contributed by atoms with Gasteiger partial charge in [0.2, 0.25) is 0 Å². The van der Waals surface area contributed by atoms with E-state index < -0.39 is 0 Å². The minimum absolute atomic E-state index is 0.642. The molecule has 0 saturated carbocycles. The minimum Gasteiger partial charge on any atom is -0.321 e. The lowest BCUT2D eigenvalue weighted by Gasteiger charge is -2.05. The normalized spacial score (nSPS) is 11.5. The van der Waals surface area contributed by atoms with Gasteiger partial charge in [0, 0.05) is 30.7 Å². The predicted molar refractivity (Wildman–Crippen MR) is 107 cm³/mol. The van der Waals surface area contributed by atoms with Crippen LogP contribution in [0, 0.1) is 0 Å². The molecule has 0 aliphatic heterocycles. The number of H-pyrrole nitrogens is 2. The molecule has 8 nitrogen and oxygen atoms in total. The van der Waals surface area contributed by atoms with Crippen molar-refractivity contribution >= 4 is 22.2 Å². The summed E-state index contributed by atoms with van der Waals surface area (Å²) in [5, 5.41) is 10.8. The number of hydrogen-bond acceptors (Lipinski definition) is 6. The van der Waals surface area contributed by atoms with E-state index >= 15 is 0 Å². The first-order chi connectivity index (χ1) is 13.8. The molecule has 0 amide bonds. The standard InChI is InChI=1S/C20H18N8/c1-2-21-9-12-8-13(11-22-10-12)14-5-6-15-17(24-14)18(28-27-15)20-25-16-4-3-7-23-19(16)26-20/h3-8,10-11,21H,2,9H2,1H3,(H,27,28)(H,23,25,26). The van der Waals surface area contributed by atoms with E-state index in [9.17, 15) is 0 Å². The monoisotopic (exact) mass is 370 g/mol. The van der Waals surface area contributed by atoms with Gasteiger partial charge in [-0.3, -0.25) is 10.1 Å². The van der Waals surface area contributed by atoms with Crippen LogP contribution < -0.4 is 5.32 Å². The van der Waals surface area contributed by atoms with Crippen LogP contribution in [0.25, 0.3) is 45.0 Å². The van der Waals surface area contributed by atoms with Crippen LogP contribution in [0.2, 0.25) is 0 Å². The Kier molecular flexibility index (Phi) is 4.02. The maximum absolute atomic E-state index is 4.84. The van der Waals surface area contributed by atoms with Crippen LogP contribution in [-0.2, 0) is 6.54 Å². The summed E-state index contributed by atoms with van der Waals surface area (Å²) in [5.41, 5.74) is 6.74. The average molecular weight is 370 g/mol. The van der Waals surface area contributed by atoms with Gasteiger partial charge in [-0.2, -0.15) is 5.10 Å². The van der Waals surface area contributed by atoms with Crippen molar-refractivity contribution < 1.29 is 0 Å². The Hall–Kier alpha value is -3.65. The summed E-state index contributed by atoms with van der Waals surface area (Å²) < 4.78 is 0. The minimum atomic E-state index is 0.642. The molecule has 0 spiro atoms. The van der Waals surface area contributed by atoms with Crippen LogP contribution in [-0.4, -0.2) is 41.7 Å². The van der Waals surface area contributed by atoms with Crippen molar-refractivity contribution in [2.45, 2.75) is 13.5 Å². The first-order valence-electron chi connectivity index (χ1n) is 9.13. The topological polar surface area (TPSA) is 108 Å². The van der Waals surface area contributed by atoms with E-state index in [1.807, 2.05) is 36.7 Å². The highest BCUT2D eigenvalue weighted by Crippen LogP contribution is 2.27. The smallest absolute Gasteiger partial charge is 0.162 e. The molecule has 0 fully saturated rings. The molecule has 5 rings (SSSR count). The van der Waals surface area contributed by atoms with E-state index in [0.29, 0.717) is 11.5 Å². The van der Waals surface area contributed by atoms with Crippen molar-refractivity contribution in [3.63, 3.8) is 0 Å². The number of nitrogens with zero attached hydrogens (tertiary/aromatic N) is 5. The third-order valence-corrected chi connectivity index (χ3v) is 4.56. The second kappa shape index (κ2) is 6.82. The summed E-state index contributed by atoms with van der Waals surface area (Å²) in [6.07, 6.45) is 5.43. The van der Waals surface area contributed by atoms with E-state index in [2.05, 4.69) is 48.4 Å². The van der Waals surface area contributed by atoms with Crippen molar-refractivity contribution in [3.8, 4) is 22.8 Å². The van der Waals surface area contributed by atoms with E-state index in [1.54, 1.807) is 6.20 Å². The highest BCUT2D eigenvalue weighted by molar-refractivity contribution is 5.90. The van der Waals surface area contributed by atoms with E-state index in [1.165, 1.54) is 0 Å². The second-order valence-electron chi connectivity index (χ2n) is 6.48. The van der Waals surface area contributed by atoms with Crippen molar-refractivity contribution in [1.82, 2.24) is 40.4 Å². The molecule has 0 radical (unpaired) electrons. The number of pyridine rings is 3. The van der Waals surface area contributed by atoms with E-state index in [4.69, 9.17) is 4.98 Å². The Morgan fingerprint density at radius 1 is 1.11 bits per heavy atom. The molecule has 0 bridgehead atoms. The Balaban J connectivity index is 1.58. The second-order valence-corrected chi connectivity index (χ2v) is 6.48. The Bertz CT molecular complexity index is 1240. The number of rotatable bonds is 5. The lowest BCUT2D eigenvalue weighted by Crippen LogP contribution is -2.11. The van der Waals surface area contributed by atoms with Crippen LogP contribution in [0.15, 0.2) is 48.9 Å². The molecule has 0 saturated heterocycles. The Labute approximate surface area is 160 Å². The molecule has 28 heavy (non-hydrogen) atoms. The molecule has 5 aromatic heterocycles. The highest BCUT2D eigenvalue weighted by Gasteiger charge is 2.15. The number of imidazole rings is 1. The number of aromatic amines is 2. The molecular formula is C20H18N8. The maximum Gasteiger partial charge on any atom is 0.162 e. The summed E-state index contributed by atoms with van der Waals surface area (Å²) in [5.74, 6) is 0.642. The fourth-order valence-corrected chi connectivity index (χ4v) is 3.17. The maximum atomic E-state index is 4.84. The van der Waals surface area contributed by atoms with Crippen molar-refractivity contribution in [1.29, 1.82) is 0 Å². The summed E-state index contributed by atoms with van der Waals surface area (Å²) in [4.78, 5) is 21.3. The van der Waals surface area contributed by atoms with Gasteiger partial charge in [0.1, 0.15) is 11.0 Å². The largest absolute Gasteiger partial charge is 0.321 e. The fraction of sp³-hybridized carbons (Fsp3) is 0.150. The van der Waals surface area contributed by atoms with Crippen LogP contribution in [0.4, 0.5) is 0 Å². The molecular weight excluding hydrogens is 352 g/mol. The molecule has 8 heteroatoms. The van der Waals surface area contributed by atoms with Crippen LogP contribution in [0.1, 0.15) is 12.5 Å². The third kappa shape index (κ3) is 2.89. The lowest BCUT2D eigenvalue weighted by molar-refractivity contribution is 0.724. The molecule has 0 unspecified atom stereocenters. The van der Waals surface area contributed by atoms with Crippen LogP contribution in [0.5, 0.6) is 0 Å². The van der Waals surface area contributed by atoms with Gasteiger partial charge in [-0.25, -0.2) is 15.0 Å². The first kappa shape index (κ1) is 16.5. The fourth-order valence-electron chi connectivity index (χ4n) is 3.17. The quantitative estimate of drug-likeness (QED) is 0.439. The van der Waals surface area contributed by atoms with Crippen LogP contribution in [0.3, 0.4) is 0 Å². The Morgan fingerprint density at radius 2 is 2.07 bits per heavy atom. The SMILES string of the molecule is CCNCc1cncc(-c2ccc3[nH]nc(-c4nc5cccnc5[nH]4)c3n2)c1. The lowest BCUT2D eigenvalue weighted by atomic mass is 10.1. The summed E-state index contributed by atoms with van der Waals surface area (Å²) in [6, 6.07) is 9.83. The van der Waals surface area contributed by atoms with E-state index in [-0.39, 0.29) is 0 Å². The van der Waals surface area contributed by atoms with Crippen molar-refractivity contribution in [3.05, 3.63) is 54.5 Å². The van der Waals surface area contributed by atoms with E-state index in [0.717, 1.165) is 52.1 Å². The molecule has 5 heterocycles. The molecule has 5 aromatic rings. The van der Waals surface area contributed by atoms with Crippen molar-refractivity contribution in [2.75, 3.05) is 6.54 Å². The first-order valence-corrected chi connectivity index (χ1v) is 9.13. The van der Waals surface area contributed by atoms with Gasteiger partial charge < -0.3 is 10.3 Å². The molecule has 0 aliphatic rings. The van der Waals surface area contributed by atoms with Gasteiger partial charge in [0.15, 0.2) is 17.2 Å². The molecule has 0 aliphatic carbocycles. The number of nitrogens with one attached hydrogen (secondary N) is 3. The third-order valence-electron chi connectivity index (χ3n) is 4.56. The van der Waals surface area contributed by atoms with Gasteiger partial charge in [-0.05, 0) is 42.4 Å². The summed E-state index contributed by atoms with van der Waals surface area (Å²) in [6.45, 7) is 3.78. The van der Waals surface area contributed by atoms with Gasteiger partial charge in [-0.15, -0.1) is 0 Å². The van der Waals surface area contributed by atoms with Gasteiger partial charge in [0.25, 0.3) is 0 Å². The highest BCUT2D eigenvalue weighted by atomic mass is 15.2. The molecule has 138 valence electrons. The van der Waals surface area contributed by atoms with Gasteiger partial charge in [-0.1, -0.05) is 6.92 Å². The zero-order valence-corrected chi connectivity index (χ0v) is 15.3. The average Bonchev–Trinajstić information content (AvgIpc) is 3.35. The zero-order valence-electron chi connectivity index (χ0n) is 15.3. The zero-order chi connectivity index (χ0) is 18.9. The van der Waals surface area contributed by atoms with Crippen LogP contribution >= 0.6 is 0 Å². The summed E-state index contributed by atoms with van der Waals surface area (Å²) >= 11 is 0. The number of hydrogen-bond donors (Lipinski definition) is 3. The molecule has 0 atom stereocenters.